The van der Waals surface area contributed by atoms with Crippen LogP contribution in [0.25, 0.3) is 0 Å². The van der Waals surface area contributed by atoms with Crippen LogP contribution in [0.1, 0.15) is 17.7 Å². The Kier molecular flexibility index (Phi) is 3.35. The van der Waals surface area contributed by atoms with Crippen LogP contribution >= 0.6 is 0 Å². The predicted molar refractivity (Wildman–Crippen MR) is 61.7 cm³/mol. The zero-order valence-corrected chi connectivity index (χ0v) is 9.00. The van der Waals surface area contributed by atoms with Crippen LogP contribution in [0.4, 0.5) is 0 Å². The summed E-state index contributed by atoms with van der Waals surface area (Å²) >= 11 is 0. The van der Waals surface area contributed by atoms with Crippen molar-refractivity contribution in [3.05, 3.63) is 53.9 Å². The van der Waals surface area contributed by atoms with E-state index in [0.717, 1.165) is 18.7 Å². The molecule has 1 heterocycles. The van der Waals surface area contributed by atoms with Gasteiger partial charge in [0.05, 0.1) is 18.3 Å². The van der Waals surface area contributed by atoms with Crippen molar-refractivity contribution in [2.45, 2.75) is 19.4 Å². The van der Waals surface area contributed by atoms with Crippen LogP contribution in [0.3, 0.4) is 0 Å². The lowest BCUT2D eigenvalue weighted by Gasteiger charge is -2.00. The molecular formula is C13H13N3. The van der Waals surface area contributed by atoms with Gasteiger partial charge in [0.15, 0.2) is 0 Å². The molecule has 3 heteroatoms. The van der Waals surface area contributed by atoms with Crippen LogP contribution in [0.2, 0.25) is 0 Å². The average molecular weight is 211 g/mol. The first-order valence-electron chi connectivity index (χ1n) is 5.31. The molecule has 0 aliphatic heterocycles. The normalized spacial score (nSPS) is 9.94. The molecular weight excluding hydrogens is 198 g/mol. The fraction of sp³-hybridized carbons (Fsp3) is 0.231. The minimum Gasteiger partial charge on any atom is -0.268 e. The van der Waals surface area contributed by atoms with Crippen LogP contribution in [0.15, 0.2) is 42.6 Å². The summed E-state index contributed by atoms with van der Waals surface area (Å²) in [5.74, 6) is 0. The van der Waals surface area contributed by atoms with Crippen LogP contribution in [0, 0.1) is 11.3 Å². The molecule has 16 heavy (non-hydrogen) atoms. The number of aryl methyl sites for hydroxylation is 1. The molecule has 0 bridgehead atoms. The summed E-state index contributed by atoms with van der Waals surface area (Å²) in [6.07, 6.45) is 3.22. The highest BCUT2D eigenvalue weighted by Crippen LogP contribution is 2.04. The highest BCUT2D eigenvalue weighted by molar-refractivity contribution is 5.15. The van der Waals surface area contributed by atoms with Crippen LogP contribution in [0.5, 0.6) is 0 Å². The summed E-state index contributed by atoms with van der Waals surface area (Å²) in [5.41, 5.74) is 2.22. The van der Waals surface area contributed by atoms with E-state index in [1.54, 1.807) is 0 Å². The lowest BCUT2D eigenvalue weighted by Crippen LogP contribution is -2.00. The van der Waals surface area contributed by atoms with E-state index in [1.807, 2.05) is 35.1 Å². The van der Waals surface area contributed by atoms with Crippen molar-refractivity contribution >= 4 is 0 Å². The SMILES string of the molecule is N#CCCc1ccn(Cc2ccccc2)n1. The van der Waals surface area contributed by atoms with Gasteiger partial charge in [0, 0.05) is 19.0 Å². The standard InChI is InChI=1S/C13H13N3/c14-9-4-7-13-8-10-16(15-13)11-12-5-2-1-3-6-12/h1-3,5-6,8,10H,4,7,11H2. The molecule has 0 amide bonds. The van der Waals surface area contributed by atoms with Gasteiger partial charge in [-0.1, -0.05) is 30.3 Å². The van der Waals surface area contributed by atoms with Gasteiger partial charge in [0.25, 0.3) is 0 Å². The number of nitriles is 1. The quantitative estimate of drug-likeness (QED) is 0.779. The predicted octanol–water partition coefficient (Wildman–Crippen LogP) is 2.39. The zero-order valence-electron chi connectivity index (χ0n) is 9.00. The summed E-state index contributed by atoms with van der Waals surface area (Å²) in [6, 6.07) is 14.3. The Hall–Kier alpha value is -2.08. The van der Waals surface area contributed by atoms with Gasteiger partial charge in [-0.15, -0.1) is 0 Å². The molecule has 0 fully saturated rings. The monoisotopic (exact) mass is 211 g/mol. The van der Waals surface area contributed by atoms with Crippen LogP contribution in [-0.2, 0) is 13.0 Å². The van der Waals surface area contributed by atoms with E-state index in [1.165, 1.54) is 5.56 Å². The molecule has 80 valence electrons. The van der Waals surface area contributed by atoms with Crippen molar-refractivity contribution in [2.24, 2.45) is 0 Å². The Balaban J connectivity index is 2.01. The molecule has 3 nitrogen and oxygen atoms in total. The summed E-state index contributed by atoms with van der Waals surface area (Å²) in [5, 5.41) is 12.9. The lowest BCUT2D eigenvalue weighted by atomic mass is 10.2. The summed E-state index contributed by atoms with van der Waals surface area (Å²) in [4.78, 5) is 0. The first kappa shape index (κ1) is 10.4. The van der Waals surface area contributed by atoms with Gasteiger partial charge in [0.2, 0.25) is 0 Å². The third-order valence-electron chi connectivity index (χ3n) is 2.38. The van der Waals surface area contributed by atoms with Gasteiger partial charge in [-0.25, -0.2) is 0 Å². The zero-order chi connectivity index (χ0) is 11.2. The smallest absolute Gasteiger partial charge is 0.0659 e. The van der Waals surface area contributed by atoms with Gasteiger partial charge in [-0.3, -0.25) is 4.68 Å². The molecule has 1 aromatic heterocycles. The molecule has 0 spiro atoms. The fourth-order valence-corrected chi connectivity index (χ4v) is 1.58. The Labute approximate surface area is 94.9 Å². The molecule has 2 rings (SSSR count). The van der Waals surface area contributed by atoms with Crippen molar-refractivity contribution in [2.75, 3.05) is 0 Å². The minimum absolute atomic E-state index is 0.530. The van der Waals surface area contributed by atoms with E-state index in [0.29, 0.717) is 6.42 Å². The van der Waals surface area contributed by atoms with E-state index in [2.05, 4.69) is 23.3 Å². The number of hydrogen-bond acceptors (Lipinski definition) is 2. The molecule has 0 aliphatic carbocycles. The van der Waals surface area contributed by atoms with Gasteiger partial charge >= 0.3 is 0 Å². The molecule has 2 aromatic rings. The lowest BCUT2D eigenvalue weighted by molar-refractivity contribution is 0.671. The molecule has 0 N–H and O–H groups in total. The highest BCUT2D eigenvalue weighted by Gasteiger charge is 1.99. The number of nitrogens with zero attached hydrogens (tertiary/aromatic N) is 3. The maximum absolute atomic E-state index is 8.48. The molecule has 0 atom stereocenters. The van der Waals surface area contributed by atoms with Crippen molar-refractivity contribution in [1.82, 2.24) is 9.78 Å². The third-order valence-corrected chi connectivity index (χ3v) is 2.38. The summed E-state index contributed by atoms with van der Waals surface area (Å²) < 4.78 is 1.90. The average Bonchev–Trinajstić information content (AvgIpc) is 2.75. The van der Waals surface area contributed by atoms with Crippen molar-refractivity contribution in [3.63, 3.8) is 0 Å². The fourth-order valence-electron chi connectivity index (χ4n) is 1.58. The number of hydrogen-bond donors (Lipinski definition) is 0. The molecule has 0 aliphatic rings. The second-order valence-electron chi connectivity index (χ2n) is 3.65. The highest BCUT2D eigenvalue weighted by atomic mass is 15.3. The van der Waals surface area contributed by atoms with Crippen molar-refractivity contribution in [1.29, 1.82) is 5.26 Å². The second kappa shape index (κ2) is 5.13. The van der Waals surface area contributed by atoms with E-state index in [-0.39, 0.29) is 0 Å². The third kappa shape index (κ3) is 2.71. The van der Waals surface area contributed by atoms with Gasteiger partial charge in [-0.05, 0) is 11.6 Å². The maximum Gasteiger partial charge on any atom is 0.0659 e. The van der Waals surface area contributed by atoms with E-state index < -0.39 is 0 Å². The molecule has 0 radical (unpaired) electrons. The van der Waals surface area contributed by atoms with E-state index in [9.17, 15) is 0 Å². The maximum atomic E-state index is 8.48. The molecule has 0 saturated carbocycles. The largest absolute Gasteiger partial charge is 0.268 e. The van der Waals surface area contributed by atoms with Crippen LogP contribution in [-0.4, -0.2) is 9.78 Å². The Morgan fingerprint density at radius 1 is 1.19 bits per heavy atom. The van der Waals surface area contributed by atoms with Gasteiger partial charge < -0.3 is 0 Å². The molecule has 0 unspecified atom stereocenters. The van der Waals surface area contributed by atoms with Gasteiger partial charge in [0.1, 0.15) is 0 Å². The Morgan fingerprint density at radius 2 is 2.00 bits per heavy atom. The van der Waals surface area contributed by atoms with Crippen molar-refractivity contribution in [3.8, 4) is 6.07 Å². The topological polar surface area (TPSA) is 41.6 Å². The minimum atomic E-state index is 0.530. The Morgan fingerprint density at radius 3 is 2.75 bits per heavy atom. The van der Waals surface area contributed by atoms with E-state index >= 15 is 0 Å². The van der Waals surface area contributed by atoms with E-state index in [4.69, 9.17) is 5.26 Å². The first-order valence-corrected chi connectivity index (χ1v) is 5.31. The van der Waals surface area contributed by atoms with Gasteiger partial charge in [-0.2, -0.15) is 10.4 Å². The van der Waals surface area contributed by atoms with Crippen molar-refractivity contribution < 1.29 is 0 Å². The van der Waals surface area contributed by atoms with Crippen LogP contribution < -0.4 is 0 Å². The number of rotatable bonds is 4. The number of benzene rings is 1. The molecule has 0 saturated heterocycles. The summed E-state index contributed by atoms with van der Waals surface area (Å²) in [7, 11) is 0. The number of aromatic nitrogens is 2. The first-order chi connectivity index (χ1) is 7.88. The summed E-state index contributed by atoms with van der Waals surface area (Å²) in [6.45, 7) is 0.785. The second-order valence-corrected chi connectivity index (χ2v) is 3.65. The Bertz CT molecular complexity index is 479. The molecule has 1 aromatic carbocycles.